The summed E-state index contributed by atoms with van der Waals surface area (Å²) in [6.07, 6.45) is 0.974. The zero-order valence-corrected chi connectivity index (χ0v) is 12.8. The number of fused-ring (bicyclic) bond motifs is 1. The van der Waals surface area contributed by atoms with Crippen LogP contribution in [0.3, 0.4) is 0 Å². The summed E-state index contributed by atoms with van der Waals surface area (Å²) < 4.78 is 0. The molecule has 4 nitrogen and oxygen atoms in total. The molecule has 0 saturated heterocycles. The van der Waals surface area contributed by atoms with Crippen molar-refractivity contribution in [1.29, 1.82) is 0 Å². The van der Waals surface area contributed by atoms with Gasteiger partial charge in [0.2, 0.25) is 0 Å². The summed E-state index contributed by atoms with van der Waals surface area (Å²) in [5, 5.41) is 9.12. The van der Waals surface area contributed by atoms with Crippen molar-refractivity contribution in [3.05, 3.63) is 23.8 Å². The van der Waals surface area contributed by atoms with Gasteiger partial charge in [-0.05, 0) is 23.5 Å². The highest BCUT2D eigenvalue weighted by Crippen LogP contribution is 2.40. The Balaban J connectivity index is 2.55. The van der Waals surface area contributed by atoms with Crippen LogP contribution in [0.2, 0.25) is 0 Å². The van der Waals surface area contributed by atoms with E-state index < -0.39 is 5.97 Å². The molecule has 20 heavy (non-hydrogen) atoms. The van der Waals surface area contributed by atoms with Crippen LogP contribution in [0.4, 0.5) is 11.4 Å². The number of carbonyl (C=O) groups is 1. The Kier molecular flexibility index (Phi) is 3.93. The molecule has 0 fully saturated rings. The minimum atomic E-state index is -0.776. The monoisotopic (exact) mass is 276 g/mol. The van der Waals surface area contributed by atoms with Gasteiger partial charge < -0.3 is 14.9 Å². The van der Waals surface area contributed by atoms with Crippen molar-refractivity contribution < 1.29 is 9.90 Å². The number of carboxylic acids is 1. The lowest BCUT2D eigenvalue weighted by Gasteiger charge is -2.31. The number of benzene rings is 1. The molecule has 1 N–H and O–H groups in total. The van der Waals surface area contributed by atoms with Crippen LogP contribution in [0.25, 0.3) is 0 Å². The third kappa shape index (κ3) is 2.89. The van der Waals surface area contributed by atoms with Gasteiger partial charge in [0.25, 0.3) is 0 Å². The predicted molar refractivity (Wildman–Crippen MR) is 82.9 cm³/mol. The number of anilines is 2. The van der Waals surface area contributed by atoms with Crippen LogP contribution in [-0.2, 0) is 10.2 Å². The Labute approximate surface area is 121 Å². The van der Waals surface area contributed by atoms with Crippen molar-refractivity contribution in [2.75, 3.05) is 36.5 Å². The molecule has 0 saturated carbocycles. The fraction of sp³-hybridized carbons (Fsp3) is 0.562. The van der Waals surface area contributed by atoms with Gasteiger partial charge in [-0.3, -0.25) is 4.79 Å². The van der Waals surface area contributed by atoms with Gasteiger partial charge in [-0.1, -0.05) is 32.9 Å². The second-order valence-corrected chi connectivity index (χ2v) is 6.51. The first-order valence-electron chi connectivity index (χ1n) is 7.12. The molecule has 0 amide bonds. The first kappa shape index (κ1) is 14.7. The third-order valence-corrected chi connectivity index (χ3v) is 3.79. The van der Waals surface area contributed by atoms with Crippen molar-refractivity contribution in [2.24, 2.45) is 0 Å². The highest BCUT2D eigenvalue weighted by atomic mass is 16.4. The van der Waals surface area contributed by atoms with Crippen molar-refractivity contribution in [1.82, 2.24) is 0 Å². The van der Waals surface area contributed by atoms with Gasteiger partial charge in [0.1, 0.15) is 6.54 Å². The summed E-state index contributed by atoms with van der Waals surface area (Å²) in [5.41, 5.74) is 3.53. The molecule has 0 spiro atoms. The molecule has 0 aromatic heterocycles. The minimum Gasteiger partial charge on any atom is -0.480 e. The maximum Gasteiger partial charge on any atom is 0.323 e. The van der Waals surface area contributed by atoms with E-state index >= 15 is 0 Å². The maximum atomic E-state index is 11.1. The highest BCUT2D eigenvalue weighted by molar-refractivity contribution is 5.81. The second kappa shape index (κ2) is 5.35. The first-order chi connectivity index (χ1) is 9.30. The molecular weight excluding hydrogens is 252 g/mol. The number of aliphatic carboxylic acids is 1. The SMILES string of the molecule is CN1CCCN(CC(=O)O)c2cccc(C(C)(C)C)c21. The van der Waals surface area contributed by atoms with Gasteiger partial charge in [0.05, 0.1) is 11.4 Å². The number of carboxylic acid groups (broad SMARTS) is 1. The molecule has 0 unspecified atom stereocenters. The molecule has 4 heteroatoms. The van der Waals surface area contributed by atoms with Crippen molar-refractivity contribution >= 4 is 17.3 Å². The maximum absolute atomic E-state index is 11.1. The average molecular weight is 276 g/mol. The highest BCUT2D eigenvalue weighted by Gasteiger charge is 2.27. The number of rotatable bonds is 2. The molecule has 0 aliphatic carbocycles. The van der Waals surface area contributed by atoms with Crippen LogP contribution in [0.15, 0.2) is 18.2 Å². The molecule has 0 atom stereocenters. The predicted octanol–water partition coefficient (Wildman–Crippen LogP) is 2.71. The van der Waals surface area contributed by atoms with Gasteiger partial charge in [0, 0.05) is 20.1 Å². The number of nitrogens with zero attached hydrogens (tertiary/aromatic N) is 2. The lowest BCUT2D eigenvalue weighted by molar-refractivity contribution is -0.135. The van der Waals surface area contributed by atoms with Crippen molar-refractivity contribution in [3.63, 3.8) is 0 Å². The summed E-state index contributed by atoms with van der Waals surface area (Å²) in [7, 11) is 2.10. The molecule has 0 radical (unpaired) electrons. The molecule has 1 heterocycles. The largest absolute Gasteiger partial charge is 0.480 e. The molecule has 2 rings (SSSR count). The van der Waals surface area contributed by atoms with Gasteiger partial charge in [0.15, 0.2) is 0 Å². The van der Waals surface area contributed by atoms with Crippen LogP contribution < -0.4 is 9.80 Å². The standard InChI is InChI=1S/C16H24N2O2/c1-16(2,3)12-7-5-8-13-15(12)17(4)9-6-10-18(13)11-14(19)20/h5,7-8H,6,9-11H2,1-4H3,(H,19,20). The number of hydrogen-bond donors (Lipinski definition) is 1. The Morgan fingerprint density at radius 1 is 1.30 bits per heavy atom. The normalized spacial score (nSPS) is 15.8. The lowest BCUT2D eigenvalue weighted by atomic mass is 9.85. The van der Waals surface area contributed by atoms with E-state index in [9.17, 15) is 4.79 Å². The van der Waals surface area contributed by atoms with E-state index in [1.165, 1.54) is 11.3 Å². The number of hydrogen-bond acceptors (Lipinski definition) is 3. The fourth-order valence-corrected chi connectivity index (χ4v) is 2.85. The minimum absolute atomic E-state index is 0.0405. The van der Waals surface area contributed by atoms with Crippen LogP contribution in [0, 0.1) is 0 Å². The summed E-state index contributed by atoms with van der Waals surface area (Å²) in [6.45, 7) is 8.40. The molecular formula is C16H24N2O2. The Hall–Kier alpha value is -1.71. The van der Waals surface area contributed by atoms with E-state index in [0.717, 1.165) is 25.2 Å². The van der Waals surface area contributed by atoms with Gasteiger partial charge in [-0.25, -0.2) is 0 Å². The van der Waals surface area contributed by atoms with Crippen molar-refractivity contribution in [2.45, 2.75) is 32.6 Å². The second-order valence-electron chi connectivity index (χ2n) is 6.51. The average Bonchev–Trinajstić information content (AvgIpc) is 2.48. The quantitative estimate of drug-likeness (QED) is 0.902. The van der Waals surface area contributed by atoms with Gasteiger partial charge >= 0.3 is 5.97 Å². The molecule has 1 aromatic carbocycles. The van der Waals surface area contributed by atoms with E-state index in [-0.39, 0.29) is 12.0 Å². The van der Waals surface area contributed by atoms with E-state index in [1.807, 2.05) is 17.0 Å². The third-order valence-electron chi connectivity index (χ3n) is 3.79. The molecule has 0 bridgehead atoms. The summed E-state index contributed by atoms with van der Waals surface area (Å²) >= 11 is 0. The fourth-order valence-electron chi connectivity index (χ4n) is 2.85. The van der Waals surface area contributed by atoms with E-state index in [2.05, 4.69) is 38.8 Å². The van der Waals surface area contributed by atoms with Crippen LogP contribution >= 0.6 is 0 Å². The van der Waals surface area contributed by atoms with Crippen LogP contribution in [0.1, 0.15) is 32.8 Å². The zero-order valence-electron chi connectivity index (χ0n) is 12.8. The number of para-hydroxylation sites is 1. The first-order valence-corrected chi connectivity index (χ1v) is 7.12. The lowest BCUT2D eigenvalue weighted by Crippen LogP contribution is -2.30. The van der Waals surface area contributed by atoms with Crippen molar-refractivity contribution in [3.8, 4) is 0 Å². The smallest absolute Gasteiger partial charge is 0.323 e. The Morgan fingerprint density at radius 2 is 2.00 bits per heavy atom. The molecule has 1 aliphatic heterocycles. The summed E-state index contributed by atoms with van der Waals surface area (Å²) in [4.78, 5) is 15.3. The summed E-state index contributed by atoms with van der Waals surface area (Å²) in [6, 6.07) is 6.22. The van der Waals surface area contributed by atoms with E-state index in [0.29, 0.717) is 0 Å². The summed E-state index contributed by atoms with van der Waals surface area (Å²) in [5.74, 6) is -0.776. The molecule has 1 aromatic rings. The Morgan fingerprint density at radius 3 is 2.60 bits per heavy atom. The van der Waals surface area contributed by atoms with E-state index in [4.69, 9.17) is 5.11 Å². The molecule has 1 aliphatic rings. The molecule has 110 valence electrons. The zero-order chi connectivity index (χ0) is 14.9. The van der Waals surface area contributed by atoms with Gasteiger partial charge in [-0.2, -0.15) is 0 Å². The van der Waals surface area contributed by atoms with Crippen LogP contribution in [-0.4, -0.2) is 37.8 Å². The van der Waals surface area contributed by atoms with Crippen LogP contribution in [0.5, 0.6) is 0 Å². The Bertz CT molecular complexity index is 506. The topological polar surface area (TPSA) is 43.8 Å². The van der Waals surface area contributed by atoms with Gasteiger partial charge in [-0.15, -0.1) is 0 Å². The van der Waals surface area contributed by atoms with E-state index in [1.54, 1.807) is 0 Å².